The fourth-order valence-corrected chi connectivity index (χ4v) is 3.29. The van der Waals surface area contributed by atoms with E-state index in [1.54, 1.807) is 17.2 Å². The van der Waals surface area contributed by atoms with Crippen molar-refractivity contribution in [3.8, 4) is 0 Å². The zero-order valence-electron chi connectivity index (χ0n) is 14.9. The predicted molar refractivity (Wildman–Crippen MR) is 92.0 cm³/mol. The van der Waals surface area contributed by atoms with Gasteiger partial charge in [0.15, 0.2) is 5.78 Å². The van der Waals surface area contributed by atoms with Crippen molar-refractivity contribution >= 4 is 11.7 Å². The van der Waals surface area contributed by atoms with Crippen molar-refractivity contribution < 1.29 is 22.8 Å². The van der Waals surface area contributed by atoms with Crippen molar-refractivity contribution in [3.05, 3.63) is 53.3 Å². The molecule has 8 heteroatoms. The molecule has 27 heavy (non-hydrogen) atoms. The van der Waals surface area contributed by atoms with Gasteiger partial charge < -0.3 is 4.90 Å². The molecule has 0 saturated carbocycles. The highest BCUT2D eigenvalue weighted by molar-refractivity contribution is 5.98. The van der Waals surface area contributed by atoms with Gasteiger partial charge >= 0.3 is 6.18 Å². The topological polar surface area (TPSA) is 55.2 Å². The van der Waals surface area contributed by atoms with Gasteiger partial charge in [-0.3, -0.25) is 14.3 Å². The molecule has 0 spiro atoms. The van der Waals surface area contributed by atoms with Crippen LogP contribution in [0.25, 0.3) is 0 Å². The number of piperidine rings is 1. The van der Waals surface area contributed by atoms with Crippen LogP contribution in [0.2, 0.25) is 0 Å². The Labute approximate surface area is 154 Å². The summed E-state index contributed by atoms with van der Waals surface area (Å²) in [7, 11) is 0. The Morgan fingerprint density at radius 1 is 1.26 bits per heavy atom. The fraction of sp³-hybridized carbons (Fsp3) is 0.421. The Kier molecular flexibility index (Phi) is 5.34. The minimum atomic E-state index is -4.49. The predicted octanol–water partition coefficient (Wildman–Crippen LogP) is 3.33. The number of aromatic nitrogens is 2. The lowest BCUT2D eigenvalue weighted by molar-refractivity contribution is -0.137. The van der Waals surface area contributed by atoms with E-state index in [1.807, 2.05) is 6.92 Å². The molecule has 144 valence electrons. The number of carbonyl (C=O) groups is 2. The first-order chi connectivity index (χ1) is 12.7. The van der Waals surface area contributed by atoms with Crippen LogP contribution in [0, 0.1) is 12.8 Å². The Morgan fingerprint density at radius 3 is 2.70 bits per heavy atom. The number of halogens is 3. The lowest BCUT2D eigenvalue weighted by atomic mass is 9.89. The zero-order valence-corrected chi connectivity index (χ0v) is 14.9. The van der Waals surface area contributed by atoms with Crippen LogP contribution in [0.4, 0.5) is 13.2 Å². The van der Waals surface area contributed by atoms with Crippen LogP contribution in [0.15, 0.2) is 36.5 Å². The van der Waals surface area contributed by atoms with E-state index in [0.717, 1.165) is 17.8 Å². The fourth-order valence-electron chi connectivity index (χ4n) is 3.29. The molecular weight excluding hydrogens is 359 g/mol. The summed E-state index contributed by atoms with van der Waals surface area (Å²) in [6.45, 7) is 2.66. The van der Waals surface area contributed by atoms with Crippen molar-refractivity contribution in [2.24, 2.45) is 5.92 Å². The minimum absolute atomic E-state index is 0.0341. The van der Waals surface area contributed by atoms with Crippen LogP contribution >= 0.6 is 0 Å². The smallest absolute Gasteiger partial charge is 0.340 e. The largest absolute Gasteiger partial charge is 0.416 e. The Morgan fingerprint density at radius 2 is 2.04 bits per heavy atom. The molecule has 1 amide bonds. The van der Waals surface area contributed by atoms with Gasteiger partial charge in [0.2, 0.25) is 5.91 Å². The number of Topliss-reactive ketones (excluding diaryl/α,β-unsaturated/α-hetero) is 1. The molecule has 1 unspecified atom stereocenters. The normalized spacial score (nSPS) is 17.8. The van der Waals surface area contributed by atoms with Crippen LogP contribution in [0.5, 0.6) is 0 Å². The number of benzene rings is 1. The van der Waals surface area contributed by atoms with Crippen LogP contribution in [-0.2, 0) is 17.5 Å². The third-order valence-corrected chi connectivity index (χ3v) is 4.69. The first-order valence-electron chi connectivity index (χ1n) is 8.73. The summed E-state index contributed by atoms with van der Waals surface area (Å²) in [5.74, 6) is -1.00. The van der Waals surface area contributed by atoms with Crippen LogP contribution < -0.4 is 0 Å². The highest BCUT2D eigenvalue weighted by atomic mass is 19.4. The molecule has 2 heterocycles. The molecule has 1 aliphatic heterocycles. The summed E-state index contributed by atoms with van der Waals surface area (Å²) in [5, 5.41) is 4.18. The number of ketones is 1. The summed E-state index contributed by atoms with van der Waals surface area (Å²) in [6.07, 6.45) is -1.59. The number of carbonyl (C=O) groups excluding carboxylic acids is 2. The minimum Gasteiger partial charge on any atom is -0.340 e. The maximum Gasteiger partial charge on any atom is 0.416 e. The average Bonchev–Trinajstić information content (AvgIpc) is 3.05. The molecule has 1 atom stereocenters. The average molecular weight is 379 g/mol. The van der Waals surface area contributed by atoms with Crippen molar-refractivity contribution in [3.63, 3.8) is 0 Å². The number of amides is 1. The Bertz CT molecular complexity index is 845. The van der Waals surface area contributed by atoms with Crippen LogP contribution in [-0.4, -0.2) is 39.5 Å². The van der Waals surface area contributed by atoms with Crippen molar-refractivity contribution in [1.29, 1.82) is 0 Å². The molecule has 1 aliphatic rings. The van der Waals surface area contributed by atoms with E-state index >= 15 is 0 Å². The van der Waals surface area contributed by atoms with Gasteiger partial charge in [0.25, 0.3) is 0 Å². The quantitative estimate of drug-likeness (QED) is 0.766. The lowest BCUT2D eigenvalue weighted by Crippen LogP contribution is -2.43. The van der Waals surface area contributed by atoms with E-state index in [-0.39, 0.29) is 30.3 Å². The molecule has 1 aromatic heterocycles. The summed E-state index contributed by atoms with van der Waals surface area (Å²) in [6, 6.07) is 6.26. The number of alkyl halides is 3. The molecular formula is C19H20F3N3O2. The molecule has 5 nitrogen and oxygen atoms in total. The number of rotatable bonds is 4. The van der Waals surface area contributed by atoms with E-state index in [9.17, 15) is 22.8 Å². The third-order valence-electron chi connectivity index (χ3n) is 4.69. The molecule has 1 aromatic carbocycles. The van der Waals surface area contributed by atoms with Gasteiger partial charge in [0.05, 0.1) is 11.3 Å². The van der Waals surface area contributed by atoms with Gasteiger partial charge in [-0.15, -0.1) is 0 Å². The standard InChI is InChI=1S/C19H20F3N3O2/c1-13-7-9-25(23-13)12-17(26)24-8-3-5-15(11-24)18(27)14-4-2-6-16(10-14)19(20,21)22/h2,4,6-7,9-10,15H,3,5,8,11-12H2,1H3. The molecule has 2 aromatic rings. The molecule has 3 rings (SSSR count). The molecule has 0 aliphatic carbocycles. The third kappa shape index (κ3) is 4.56. The maximum absolute atomic E-state index is 12.9. The highest BCUT2D eigenvalue weighted by Gasteiger charge is 2.33. The van der Waals surface area contributed by atoms with Crippen molar-refractivity contribution in [1.82, 2.24) is 14.7 Å². The summed E-state index contributed by atoms with van der Waals surface area (Å²) >= 11 is 0. The number of aryl methyl sites for hydroxylation is 1. The molecule has 1 fully saturated rings. The Hall–Kier alpha value is -2.64. The lowest BCUT2D eigenvalue weighted by Gasteiger charge is -2.32. The van der Waals surface area contributed by atoms with Crippen molar-refractivity contribution in [2.75, 3.05) is 13.1 Å². The first-order valence-corrected chi connectivity index (χ1v) is 8.73. The summed E-state index contributed by atoms with van der Waals surface area (Å²) in [5.41, 5.74) is -0.00276. The summed E-state index contributed by atoms with van der Waals surface area (Å²) < 4.78 is 40.2. The van der Waals surface area contributed by atoms with Gasteiger partial charge in [0.1, 0.15) is 6.54 Å². The van der Waals surface area contributed by atoms with Gasteiger partial charge in [-0.2, -0.15) is 18.3 Å². The van der Waals surface area contributed by atoms with Crippen molar-refractivity contribution in [2.45, 2.75) is 32.5 Å². The number of hydrogen-bond acceptors (Lipinski definition) is 3. The van der Waals surface area contributed by atoms with Gasteiger partial charge in [-0.25, -0.2) is 0 Å². The molecule has 0 radical (unpaired) electrons. The van der Waals surface area contributed by atoms with Crippen LogP contribution in [0.1, 0.15) is 34.5 Å². The van der Waals surface area contributed by atoms with Gasteiger partial charge in [0, 0.05) is 30.8 Å². The molecule has 1 saturated heterocycles. The van der Waals surface area contributed by atoms with Gasteiger partial charge in [-0.1, -0.05) is 12.1 Å². The van der Waals surface area contributed by atoms with E-state index in [0.29, 0.717) is 19.4 Å². The second-order valence-corrected chi connectivity index (χ2v) is 6.78. The second kappa shape index (κ2) is 7.54. The Balaban J connectivity index is 1.68. The van der Waals surface area contributed by atoms with Crippen LogP contribution in [0.3, 0.4) is 0 Å². The number of likely N-dealkylation sites (tertiary alicyclic amines) is 1. The SMILES string of the molecule is Cc1ccn(CC(=O)N2CCCC(C(=O)c3cccc(C(F)(F)F)c3)C2)n1. The molecule has 0 bridgehead atoms. The van der Waals surface area contributed by atoms with Gasteiger partial charge in [-0.05, 0) is 38.0 Å². The van der Waals surface area contributed by atoms with E-state index < -0.39 is 17.7 Å². The maximum atomic E-state index is 12.9. The van der Waals surface area contributed by atoms with E-state index in [4.69, 9.17) is 0 Å². The highest BCUT2D eigenvalue weighted by Crippen LogP contribution is 2.30. The van der Waals surface area contributed by atoms with E-state index in [2.05, 4.69) is 5.10 Å². The number of nitrogens with zero attached hydrogens (tertiary/aromatic N) is 3. The number of hydrogen-bond donors (Lipinski definition) is 0. The second-order valence-electron chi connectivity index (χ2n) is 6.78. The monoisotopic (exact) mass is 379 g/mol. The van der Waals surface area contributed by atoms with E-state index in [1.165, 1.54) is 16.8 Å². The molecule has 0 N–H and O–H groups in total. The zero-order chi connectivity index (χ0) is 19.6. The summed E-state index contributed by atoms with van der Waals surface area (Å²) in [4.78, 5) is 26.8. The first kappa shape index (κ1) is 19.1.